The van der Waals surface area contributed by atoms with Gasteiger partial charge in [-0.1, -0.05) is 38.3 Å². The van der Waals surface area contributed by atoms with E-state index >= 15 is 0 Å². The molecule has 1 aliphatic rings. The van der Waals surface area contributed by atoms with Crippen LogP contribution in [0.5, 0.6) is 0 Å². The molecule has 0 radical (unpaired) electrons. The molecular formula is C14H22Cl2N2. The smallest absolute Gasteiger partial charge is 0.131 e. The molecule has 0 aromatic carbocycles. The van der Waals surface area contributed by atoms with Crippen molar-refractivity contribution in [2.24, 2.45) is 5.92 Å². The van der Waals surface area contributed by atoms with E-state index in [9.17, 15) is 0 Å². The molecule has 0 bridgehead atoms. The highest BCUT2D eigenvalue weighted by atomic mass is 35.5. The first-order chi connectivity index (χ1) is 8.63. The molecule has 2 rings (SSSR count). The minimum Gasteiger partial charge on any atom is -0.253 e. The highest BCUT2D eigenvalue weighted by Crippen LogP contribution is 2.37. The number of aromatic nitrogens is 2. The largest absolute Gasteiger partial charge is 0.253 e. The van der Waals surface area contributed by atoms with Gasteiger partial charge < -0.3 is 0 Å². The number of alkyl halides is 1. The van der Waals surface area contributed by atoms with Gasteiger partial charge in [0, 0.05) is 18.0 Å². The van der Waals surface area contributed by atoms with Crippen molar-refractivity contribution < 1.29 is 0 Å². The predicted octanol–water partition coefficient (Wildman–Crippen LogP) is 4.98. The van der Waals surface area contributed by atoms with Gasteiger partial charge in [-0.25, -0.2) is 0 Å². The first kappa shape index (κ1) is 14.2. The van der Waals surface area contributed by atoms with E-state index in [1.54, 1.807) is 0 Å². The highest BCUT2D eigenvalue weighted by Gasteiger charge is 2.25. The Morgan fingerprint density at radius 1 is 1.33 bits per heavy atom. The third kappa shape index (κ3) is 3.03. The minimum atomic E-state index is 0.479. The van der Waals surface area contributed by atoms with Gasteiger partial charge in [-0.3, -0.25) is 4.68 Å². The maximum atomic E-state index is 6.41. The van der Waals surface area contributed by atoms with Crippen LogP contribution in [0, 0.1) is 5.92 Å². The zero-order valence-corrected chi connectivity index (χ0v) is 12.8. The Kier molecular flexibility index (Phi) is 4.97. The molecule has 0 N–H and O–H groups in total. The van der Waals surface area contributed by atoms with Crippen LogP contribution in [-0.2, 0) is 12.4 Å². The van der Waals surface area contributed by atoms with E-state index in [0.29, 0.717) is 17.7 Å². The molecule has 0 spiro atoms. The Hall–Kier alpha value is -0.210. The maximum Gasteiger partial charge on any atom is 0.131 e. The van der Waals surface area contributed by atoms with Crippen LogP contribution in [0.2, 0.25) is 5.15 Å². The van der Waals surface area contributed by atoms with Gasteiger partial charge in [-0.15, -0.1) is 11.6 Å². The zero-order valence-electron chi connectivity index (χ0n) is 11.3. The normalized spacial score (nSPS) is 16.9. The summed E-state index contributed by atoms with van der Waals surface area (Å²) in [5.41, 5.74) is 2.23. The van der Waals surface area contributed by atoms with E-state index in [4.69, 9.17) is 28.3 Å². The molecule has 0 amide bonds. The average Bonchev–Trinajstić information content (AvgIpc) is 2.94. The number of hydrogen-bond acceptors (Lipinski definition) is 1. The Labute approximate surface area is 120 Å². The minimum absolute atomic E-state index is 0.479. The first-order valence-corrected chi connectivity index (χ1v) is 7.85. The molecule has 2 nitrogen and oxygen atoms in total. The van der Waals surface area contributed by atoms with Crippen LogP contribution < -0.4 is 0 Å². The van der Waals surface area contributed by atoms with Crippen LogP contribution in [-0.4, -0.2) is 9.78 Å². The fourth-order valence-electron chi connectivity index (χ4n) is 2.68. The van der Waals surface area contributed by atoms with Gasteiger partial charge in [0.25, 0.3) is 0 Å². The van der Waals surface area contributed by atoms with Crippen molar-refractivity contribution in [2.75, 3.05) is 0 Å². The summed E-state index contributed by atoms with van der Waals surface area (Å²) in [4.78, 5) is 0. The zero-order chi connectivity index (χ0) is 13.1. The second-order valence-corrected chi connectivity index (χ2v) is 6.30. The van der Waals surface area contributed by atoms with Gasteiger partial charge >= 0.3 is 0 Å². The second kappa shape index (κ2) is 6.29. The quantitative estimate of drug-likeness (QED) is 0.699. The lowest BCUT2D eigenvalue weighted by molar-refractivity contribution is 0.481. The third-order valence-electron chi connectivity index (χ3n) is 3.81. The monoisotopic (exact) mass is 288 g/mol. The highest BCUT2D eigenvalue weighted by molar-refractivity contribution is 6.31. The van der Waals surface area contributed by atoms with Gasteiger partial charge in [-0.2, -0.15) is 5.10 Å². The van der Waals surface area contributed by atoms with Crippen LogP contribution in [0.3, 0.4) is 0 Å². The van der Waals surface area contributed by atoms with Crippen LogP contribution in [0.25, 0.3) is 0 Å². The number of aryl methyl sites for hydroxylation is 1. The van der Waals surface area contributed by atoms with Crippen LogP contribution in [0.4, 0.5) is 0 Å². The van der Waals surface area contributed by atoms with Crippen molar-refractivity contribution in [3.63, 3.8) is 0 Å². The first-order valence-electron chi connectivity index (χ1n) is 6.94. The van der Waals surface area contributed by atoms with Crippen LogP contribution in [0.15, 0.2) is 0 Å². The van der Waals surface area contributed by atoms with E-state index in [1.165, 1.54) is 25.7 Å². The molecular weight excluding hydrogens is 267 g/mol. The number of rotatable bonds is 5. The third-order valence-corrected chi connectivity index (χ3v) is 4.50. The summed E-state index contributed by atoms with van der Waals surface area (Å²) in [6, 6.07) is 0. The molecule has 102 valence electrons. The van der Waals surface area contributed by atoms with Gasteiger partial charge in [0.1, 0.15) is 5.15 Å². The van der Waals surface area contributed by atoms with Gasteiger partial charge in [0.2, 0.25) is 0 Å². The summed E-state index contributed by atoms with van der Waals surface area (Å²) < 4.78 is 1.95. The Balaban J connectivity index is 2.20. The summed E-state index contributed by atoms with van der Waals surface area (Å²) in [6.45, 7) is 5.34. The topological polar surface area (TPSA) is 17.8 Å². The predicted molar refractivity (Wildman–Crippen MR) is 77.5 cm³/mol. The van der Waals surface area contributed by atoms with Crippen molar-refractivity contribution in [3.8, 4) is 0 Å². The maximum absolute atomic E-state index is 6.41. The summed E-state index contributed by atoms with van der Waals surface area (Å²) in [5.74, 6) is 1.72. The van der Waals surface area contributed by atoms with Crippen LogP contribution in [0.1, 0.15) is 63.1 Å². The molecule has 18 heavy (non-hydrogen) atoms. The summed E-state index contributed by atoms with van der Waals surface area (Å²) in [6.07, 6.45) is 6.20. The molecule has 1 heterocycles. The lowest BCUT2D eigenvalue weighted by atomic mass is 10.0. The molecule has 1 aliphatic carbocycles. The van der Waals surface area contributed by atoms with Crippen LogP contribution >= 0.6 is 23.2 Å². The lowest BCUT2D eigenvalue weighted by Crippen LogP contribution is -2.04. The Morgan fingerprint density at radius 3 is 2.56 bits per heavy atom. The van der Waals surface area contributed by atoms with Gasteiger partial charge in [-0.05, 0) is 25.2 Å². The Bertz CT molecular complexity index is 393. The van der Waals surface area contributed by atoms with E-state index in [-0.39, 0.29) is 0 Å². The summed E-state index contributed by atoms with van der Waals surface area (Å²) in [7, 11) is 0. The van der Waals surface area contributed by atoms with E-state index < -0.39 is 0 Å². The molecule has 1 saturated carbocycles. The average molecular weight is 289 g/mol. The van der Waals surface area contributed by atoms with Gasteiger partial charge in [0.05, 0.1) is 11.6 Å². The van der Waals surface area contributed by atoms with E-state index in [2.05, 4.69) is 13.8 Å². The fraction of sp³-hybridized carbons (Fsp3) is 0.786. The van der Waals surface area contributed by atoms with Crippen molar-refractivity contribution in [2.45, 2.75) is 64.3 Å². The molecule has 0 atom stereocenters. The molecule has 4 heteroatoms. The number of hydrogen-bond donors (Lipinski definition) is 0. The molecule has 1 aromatic rings. The molecule has 0 aliphatic heterocycles. The summed E-state index contributed by atoms with van der Waals surface area (Å²) in [5, 5.41) is 5.49. The molecule has 0 saturated heterocycles. The fourth-order valence-corrected chi connectivity index (χ4v) is 3.29. The standard InChI is InChI=1S/C14H22Cl2N2/c1-10(2)7-8-18-14(16)12(9-15)13(17-18)11-5-3-4-6-11/h10-11H,3-9H2,1-2H3. The van der Waals surface area contributed by atoms with Crippen molar-refractivity contribution in [1.29, 1.82) is 0 Å². The number of nitrogens with zero attached hydrogens (tertiary/aromatic N) is 2. The van der Waals surface area contributed by atoms with Gasteiger partial charge in [0.15, 0.2) is 0 Å². The van der Waals surface area contributed by atoms with Crippen molar-refractivity contribution >= 4 is 23.2 Å². The SMILES string of the molecule is CC(C)CCn1nc(C2CCCC2)c(CCl)c1Cl. The summed E-state index contributed by atoms with van der Waals surface area (Å²) >= 11 is 12.5. The lowest BCUT2D eigenvalue weighted by Gasteiger charge is -2.07. The van der Waals surface area contributed by atoms with E-state index in [0.717, 1.165) is 29.4 Å². The van der Waals surface area contributed by atoms with E-state index in [1.807, 2.05) is 4.68 Å². The van der Waals surface area contributed by atoms with Crippen molar-refractivity contribution in [3.05, 3.63) is 16.4 Å². The Morgan fingerprint density at radius 2 is 2.00 bits per heavy atom. The molecule has 1 aromatic heterocycles. The van der Waals surface area contributed by atoms with Crippen molar-refractivity contribution in [1.82, 2.24) is 9.78 Å². The molecule has 0 unspecified atom stereocenters. The number of halogens is 2. The second-order valence-electron chi connectivity index (χ2n) is 5.68. The molecule has 1 fully saturated rings.